The molecule has 146 valence electrons. The van der Waals surface area contributed by atoms with Crippen molar-refractivity contribution in [1.29, 1.82) is 0 Å². The fraction of sp³-hybridized carbons (Fsp3) is 0.682. The lowest BCUT2D eigenvalue weighted by Crippen LogP contribution is -2.43. The summed E-state index contributed by atoms with van der Waals surface area (Å²) >= 11 is 1.77. The fourth-order valence-electron chi connectivity index (χ4n) is 4.12. The molecule has 1 atom stereocenters. The SMILES string of the molecule is CCSC(C(=O)OCCN(CC)CC)(c1ccccc1)C1CCCCC1. The molecule has 0 aromatic heterocycles. The van der Waals surface area contributed by atoms with E-state index in [9.17, 15) is 4.79 Å². The third-order valence-electron chi connectivity index (χ3n) is 5.59. The van der Waals surface area contributed by atoms with Crippen molar-refractivity contribution in [3.05, 3.63) is 35.9 Å². The molecule has 0 aliphatic heterocycles. The minimum atomic E-state index is -0.556. The summed E-state index contributed by atoms with van der Waals surface area (Å²) in [5.74, 6) is 1.25. The zero-order chi connectivity index (χ0) is 18.8. The second kappa shape index (κ2) is 11.0. The van der Waals surface area contributed by atoms with Gasteiger partial charge in [0.2, 0.25) is 0 Å². The van der Waals surface area contributed by atoms with Gasteiger partial charge in [-0.25, -0.2) is 0 Å². The van der Waals surface area contributed by atoms with E-state index in [4.69, 9.17) is 4.74 Å². The molecule has 1 aromatic carbocycles. The zero-order valence-corrected chi connectivity index (χ0v) is 17.5. The number of benzene rings is 1. The van der Waals surface area contributed by atoms with Crippen LogP contribution < -0.4 is 0 Å². The Bertz CT molecular complexity index is 526. The van der Waals surface area contributed by atoms with E-state index in [1.807, 2.05) is 18.2 Å². The Morgan fingerprint density at radius 1 is 1.12 bits per heavy atom. The molecule has 26 heavy (non-hydrogen) atoms. The van der Waals surface area contributed by atoms with E-state index in [0.29, 0.717) is 12.5 Å². The lowest BCUT2D eigenvalue weighted by molar-refractivity contribution is -0.149. The van der Waals surface area contributed by atoms with Crippen LogP contribution in [0.1, 0.15) is 58.4 Å². The maximum absolute atomic E-state index is 13.5. The normalized spacial score (nSPS) is 17.8. The van der Waals surface area contributed by atoms with E-state index in [-0.39, 0.29) is 5.97 Å². The first-order valence-electron chi connectivity index (χ1n) is 10.3. The van der Waals surface area contributed by atoms with Crippen molar-refractivity contribution in [3.8, 4) is 0 Å². The van der Waals surface area contributed by atoms with Crippen LogP contribution in [0.3, 0.4) is 0 Å². The van der Waals surface area contributed by atoms with Crippen LogP contribution in [-0.4, -0.2) is 42.9 Å². The largest absolute Gasteiger partial charge is 0.463 e. The molecule has 1 aromatic rings. The lowest BCUT2D eigenvalue weighted by Gasteiger charge is -2.40. The second-order valence-corrected chi connectivity index (χ2v) is 8.54. The van der Waals surface area contributed by atoms with Crippen molar-refractivity contribution in [1.82, 2.24) is 4.90 Å². The number of ether oxygens (including phenoxy) is 1. The summed E-state index contributed by atoms with van der Waals surface area (Å²) in [7, 11) is 0. The molecule has 0 N–H and O–H groups in total. The van der Waals surface area contributed by atoms with Gasteiger partial charge in [0.1, 0.15) is 11.4 Å². The molecule has 0 heterocycles. The van der Waals surface area contributed by atoms with Crippen molar-refractivity contribution < 1.29 is 9.53 Å². The molecule has 0 bridgehead atoms. The van der Waals surface area contributed by atoms with Gasteiger partial charge in [0.15, 0.2) is 0 Å². The number of thioether (sulfide) groups is 1. The monoisotopic (exact) mass is 377 g/mol. The summed E-state index contributed by atoms with van der Waals surface area (Å²) in [5.41, 5.74) is 1.12. The molecule has 0 radical (unpaired) electrons. The van der Waals surface area contributed by atoms with Crippen LogP contribution in [0.4, 0.5) is 0 Å². The van der Waals surface area contributed by atoms with E-state index < -0.39 is 4.75 Å². The van der Waals surface area contributed by atoms with Crippen LogP contribution in [0, 0.1) is 5.92 Å². The lowest BCUT2D eigenvalue weighted by atomic mass is 9.76. The van der Waals surface area contributed by atoms with Crippen LogP contribution in [0.25, 0.3) is 0 Å². The first-order chi connectivity index (χ1) is 12.7. The standard InChI is InChI=1S/C22H35NO2S/c1-4-23(5-2)17-18-25-21(24)22(26-6-3,19-13-9-7-10-14-19)20-15-11-8-12-16-20/h7,9-10,13-14,20H,4-6,8,11-12,15-18H2,1-3H3. The van der Waals surface area contributed by atoms with Gasteiger partial charge < -0.3 is 9.64 Å². The predicted molar refractivity (Wildman–Crippen MR) is 112 cm³/mol. The highest BCUT2D eigenvalue weighted by Gasteiger charge is 2.48. The van der Waals surface area contributed by atoms with Crippen molar-refractivity contribution >= 4 is 17.7 Å². The van der Waals surface area contributed by atoms with E-state index in [0.717, 1.165) is 43.8 Å². The Kier molecular flexibility index (Phi) is 9.00. The molecule has 1 unspecified atom stereocenters. The molecule has 0 saturated heterocycles. The predicted octanol–water partition coefficient (Wildman–Crippen LogP) is 5.10. The average Bonchev–Trinajstić information content (AvgIpc) is 2.70. The number of hydrogen-bond donors (Lipinski definition) is 0. The summed E-state index contributed by atoms with van der Waals surface area (Å²) in [5, 5.41) is 0. The average molecular weight is 378 g/mol. The van der Waals surface area contributed by atoms with E-state index in [1.165, 1.54) is 19.3 Å². The van der Waals surface area contributed by atoms with Crippen molar-refractivity contribution in [2.45, 2.75) is 57.6 Å². The Balaban J connectivity index is 2.24. The highest BCUT2D eigenvalue weighted by atomic mass is 32.2. The second-order valence-electron chi connectivity index (χ2n) is 7.03. The molecular formula is C22H35NO2S. The maximum Gasteiger partial charge on any atom is 0.327 e. The number of nitrogens with zero attached hydrogens (tertiary/aromatic N) is 1. The first-order valence-corrected chi connectivity index (χ1v) is 11.3. The molecule has 1 fully saturated rings. The minimum Gasteiger partial charge on any atom is -0.463 e. The summed E-state index contributed by atoms with van der Waals surface area (Å²) < 4.78 is 5.34. The third-order valence-corrected chi connectivity index (χ3v) is 7.07. The number of esters is 1. The van der Waals surface area contributed by atoms with Gasteiger partial charge in [0, 0.05) is 6.54 Å². The Hall–Kier alpha value is -1.00. The Labute approximate surface area is 163 Å². The van der Waals surface area contributed by atoms with E-state index in [2.05, 4.69) is 37.8 Å². The van der Waals surface area contributed by atoms with Gasteiger partial charge in [-0.2, -0.15) is 0 Å². The summed E-state index contributed by atoms with van der Waals surface area (Å²) in [6, 6.07) is 10.3. The Morgan fingerprint density at radius 2 is 1.77 bits per heavy atom. The number of hydrogen-bond acceptors (Lipinski definition) is 4. The van der Waals surface area contributed by atoms with Gasteiger partial charge >= 0.3 is 5.97 Å². The molecule has 1 saturated carbocycles. The fourth-order valence-corrected chi connectivity index (χ4v) is 5.52. The molecule has 3 nitrogen and oxygen atoms in total. The van der Waals surface area contributed by atoms with Gasteiger partial charge in [-0.05, 0) is 43.2 Å². The highest BCUT2D eigenvalue weighted by Crippen LogP contribution is 2.49. The Morgan fingerprint density at radius 3 is 2.35 bits per heavy atom. The van der Waals surface area contributed by atoms with Crippen LogP contribution in [-0.2, 0) is 14.3 Å². The van der Waals surface area contributed by atoms with Gasteiger partial charge in [-0.1, -0.05) is 70.4 Å². The van der Waals surface area contributed by atoms with Gasteiger partial charge in [0.25, 0.3) is 0 Å². The summed E-state index contributed by atoms with van der Waals surface area (Å²) in [4.78, 5) is 15.7. The molecule has 0 spiro atoms. The maximum atomic E-state index is 13.5. The van der Waals surface area contributed by atoms with Crippen molar-refractivity contribution in [2.24, 2.45) is 5.92 Å². The van der Waals surface area contributed by atoms with E-state index in [1.54, 1.807) is 11.8 Å². The van der Waals surface area contributed by atoms with E-state index >= 15 is 0 Å². The number of carbonyl (C=O) groups is 1. The summed E-state index contributed by atoms with van der Waals surface area (Å²) in [6.07, 6.45) is 5.96. The molecule has 1 aliphatic carbocycles. The molecular weight excluding hydrogens is 342 g/mol. The summed E-state index contributed by atoms with van der Waals surface area (Å²) in [6.45, 7) is 9.71. The molecule has 2 rings (SSSR count). The minimum absolute atomic E-state index is 0.0328. The first kappa shape index (κ1) is 21.3. The third kappa shape index (κ3) is 5.04. The molecule has 1 aliphatic rings. The highest BCUT2D eigenvalue weighted by molar-refractivity contribution is 8.00. The van der Waals surface area contributed by atoms with Crippen LogP contribution >= 0.6 is 11.8 Å². The van der Waals surface area contributed by atoms with Crippen molar-refractivity contribution in [2.75, 3.05) is 32.0 Å². The van der Waals surface area contributed by atoms with Crippen molar-refractivity contribution in [3.63, 3.8) is 0 Å². The topological polar surface area (TPSA) is 29.5 Å². The number of rotatable bonds is 10. The van der Waals surface area contributed by atoms with Gasteiger partial charge in [0.05, 0.1) is 0 Å². The van der Waals surface area contributed by atoms with Crippen LogP contribution in [0.2, 0.25) is 0 Å². The zero-order valence-electron chi connectivity index (χ0n) is 16.7. The van der Waals surface area contributed by atoms with Gasteiger partial charge in [-0.3, -0.25) is 4.79 Å². The van der Waals surface area contributed by atoms with Crippen LogP contribution in [0.5, 0.6) is 0 Å². The quantitative estimate of drug-likeness (QED) is 0.531. The molecule has 0 amide bonds. The number of carbonyl (C=O) groups excluding carboxylic acids is 1. The van der Waals surface area contributed by atoms with Gasteiger partial charge in [-0.15, -0.1) is 11.8 Å². The molecule has 4 heteroatoms. The van der Waals surface area contributed by atoms with Crippen LogP contribution in [0.15, 0.2) is 30.3 Å². The number of likely N-dealkylation sites (N-methyl/N-ethyl adjacent to an activating group) is 1. The smallest absolute Gasteiger partial charge is 0.327 e.